The predicted octanol–water partition coefficient (Wildman–Crippen LogP) is 6.35. The average Bonchev–Trinajstić information content (AvgIpc) is 3.47. The number of rotatable bonds is 8. The van der Waals surface area contributed by atoms with Gasteiger partial charge in [-0.1, -0.05) is 49.2 Å². The van der Waals surface area contributed by atoms with Crippen molar-refractivity contribution in [1.82, 2.24) is 4.98 Å². The van der Waals surface area contributed by atoms with Crippen LogP contribution in [0, 0.1) is 6.92 Å². The van der Waals surface area contributed by atoms with Crippen molar-refractivity contribution in [2.45, 2.75) is 50.9 Å². The van der Waals surface area contributed by atoms with Gasteiger partial charge in [-0.25, -0.2) is 0 Å². The Hall–Kier alpha value is -4.13. The Morgan fingerprint density at radius 3 is 2.50 bits per heavy atom. The highest BCUT2D eigenvalue weighted by Gasteiger charge is 2.37. The Morgan fingerprint density at radius 2 is 1.78 bits per heavy atom. The molecule has 3 N–H and O–H groups in total. The van der Waals surface area contributed by atoms with E-state index in [1.165, 1.54) is 0 Å². The predicted molar refractivity (Wildman–Crippen MR) is 140 cm³/mol. The van der Waals surface area contributed by atoms with E-state index in [1.54, 1.807) is 0 Å². The Kier molecular flexibility index (Phi) is 6.46. The fraction of sp³-hybridized carbons (Fsp3) is 0.276. The van der Waals surface area contributed by atoms with Gasteiger partial charge < -0.3 is 20.2 Å². The minimum atomic E-state index is -0.768. The maximum atomic E-state index is 12.7. The number of aromatic nitrogens is 1. The number of oxazole rings is 1. The van der Waals surface area contributed by atoms with Crippen LogP contribution in [0.4, 0.5) is 17.4 Å². The average molecular weight is 484 g/mol. The van der Waals surface area contributed by atoms with E-state index in [4.69, 9.17) is 4.42 Å². The van der Waals surface area contributed by atoms with Gasteiger partial charge in [0.25, 0.3) is 6.01 Å². The van der Waals surface area contributed by atoms with Crippen LogP contribution in [0.25, 0.3) is 11.1 Å². The third-order valence-corrected chi connectivity index (χ3v) is 7.04. The minimum Gasteiger partial charge on any atom is -0.481 e. The largest absolute Gasteiger partial charge is 0.481 e. The number of benzene rings is 3. The van der Waals surface area contributed by atoms with Crippen LogP contribution in [0.15, 0.2) is 71.1 Å². The van der Waals surface area contributed by atoms with Crippen molar-refractivity contribution in [3.63, 3.8) is 0 Å². The molecule has 7 heteroatoms. The second-order valence-electron chi connectivity index (χ2n) is 9.62. The summed E-state index contributed by atoms with van der Waals surface area (Å²) in [5.74, 6) is -0.905. The molecule has 1 amide bonds. The van der Waals surface area contributed by atoms with E-state index in [1.807, 2.05) is 73.7 Å². The summed E-state index contributed by atoms with van der Waals surface area (Å²) in [6.45, 7) is 2.01. The highest BCUT2D eigenvalue weighted by molar-refractivity contribution is 5.93. The molecule has 5 rings (SSSR count). The molecule has 3 aromatic carbocycles. The zero-order valence-electron chi connectivity index (χ0n) is 20.2. The summed E-state index contributed by atoms with van der Waals surface area (Å²) in [6.07, 6.45) is 4.21. The molecule has 7 nitrogen and oxygen atoms in total. The molecule has 0 unspecified atom stereocenters. The van der Waals surface area contributed by atoms with E-state index in [2.05, 4.69) is 15.6 Å². The topological polar surface area (TPSA) is 104 Å². The molecule has 4 aromatic rings. The van der Waals surface area contributed by atoms with Crippen molar-refractivity contribution in [1.29, 1.82) is 0 Å². The number of carboxylic acid groups (broad SMARTS) is 1. The SMILES string of the molecule is Cc1ccccc1Nc1nc2ccc(CC(=O)Nc3ccc(C4(CC(=O)O)CCCC4)cc3)cc2o1. The molecule has 1 heterocycles. The van der Waals surface area contributed by atoms with E-state index in [-0.39, 0.29) is 24.2 Å². The lowest BCUT2D eigenvalue weighted by molar-refractivity contribution is -0.138. The van der Waals surface area contributed by atoms with Gasteiger partial charge in [-0.05, 0) is 66.8 Å². The molecule has 1 aliphatic rings. The number of carbonyl (C=O) groups excluding carboxylic acids is 1. The molecule has 0 spiro atoms. The number of hydrogen-bond donors (Lipinski definition) is 3. The Bertz CT molecular complexity index is 1400. The lowest BCUT2D eigenvalue weighted by atomic mass is 9.76. The maximum absolute atomic E-state index is 12.7. The number of fused-ring (bicyclic) bond motifs is 1. The van der Waals surface area contributed by atoms with Crippen LogP contribution in [-0.4, -0.2) is 22.0 Å². The van der Waals surface area contributed by atoms with Crippen LogP contribution >= 0.6 is 0 Å². The van der Waals surface area contributed by atoms with Crippen LogP contribution in [0.5, 0.6) is 0 Å². The highest BCUT2D eigenvalue weighted by Crippen LogP contribution is 2.44. The first-order valence-corrected chi connectivity index (χ1v) is 12.2. The number of para-hydroxylation sites is 1. The Balaban J connectivity index is 1.24. The molecule has 1 aliphatic carbocycles. The maximum Gasteiger partial charge on any atom is 0.304 e. The second kappa shape index (κ2) is 9.85. The van der Waals surface area contributed by atoms with Crippen LogP contribution < -0.4 is 10.6 Å². The third-order valence-electron chi connectivity index (χ3n) is 7.04. The molecular weight excluding hydrogens is 454 g/mol. The summed E-state index contributed by atoms with van der Waals surface area (Å²) < 4.78 is 5.87. The quantitative estimate of drug-likeness (QED) is 0.270. The van der Waals surface area contributed by atoms with Gasteiger partial charge >= 0.3 is 5.97 Å². The number of nitrogens with one attached hydrogen (secondary N) is 2. The van der Waals surface area contributed by atoms with Gasteiger partial charge in [-0.15, -0.1) is 0 Å². The zero-order chi connectivity index (χ0) is 25.1. The number of carbonyl (C=O) groups is 2. The fourth-order valence-electron chi connectivity index (χ4n) is 5.17. The molecule has 1 aromatic heterocycles. The lowest BCUT2D eigenvalue weighted by Gasteiger charge is -2.28. The summed E-state index contributed by atoms with van der Waals surface area (Å²) in [5.41, 5.74) is 5.59. The van der Waals surface area contributed by atoms with E-state index < -0.39 is 5.97 Å². The summed E-state index contributed by atoms with van der Waals surface area (Å²) >= 11 is 0. The summed E-state index contributed by atoms with van der Waals surface area (Å²) in [7, 11) is 0. The fourth-order valence-corrected chi connectivity index (χ4v) is 5.17. The number of hydrogen-bond acceptors (Lipinski definition) is 5. The second-order valence-corrected chi connectivity index (χ2v) is 9.62. The van der Waals surface area contributed by atoms with Crippen molar-refractivity contribution < 1.29 is 19.1 Å². The van der Waals surface area contributed by atoms with Gasteiger partial charge in [0, 0.05) is 16.8 Å². The third kappa shape index (κ3) is 5.10. The zero-order valence-corrected chi connectivity index (χ0v) is 20.2. The smallest absolute Gasteiger partial charge is 0.304 e. The number of carboxylic acids is 1. The van der Waals surface area contributed by atoms with Gasteiger partial charge in [0.1, 0.15) is 5.52 Å². The monoisotopic (exact) mass is 483 g/mol. The van der Waals surface area contributed by atoms with Crippen molar-refractivity contribution in [3.8, 4) is 0 Å². The standard InChI is InChI=1S/C29H29N3O4/c1-19-6-2-3-7-23(19)31-28-32-24-13-8-20(16-25(24)36-28)17-26(33)30-22-11-9-21(10-12-22)29(18-27(34)35)14-4-5-15-29/h2-3,6-13,16H,4-5,14-15,17-18H2,1H3,(H,30,33)(H,31,32)(H,34,35). The molecule has 0 saturated heterocycles. The molecule has 0 aliphatic heterocycles. The van der Waals surface area contributed by atoms with Gasteiger partial charge in [0.2, 0.25) is 5.91 Å². The number of aliphatic carboxylic acids is 1. The Labute approximate surface area is 209 Å². The van der Waals surface area contributed by atoms with Crippen molar-refractivity contribution >= 4 is 40.4 Å². The van der Waals surface area contributed by atoms with Crippen molar-refractivity contribution in [2.24, 2.45) is 0 Å². The first-order chi connectivity index (χ1) is 17.4. The van der Waals surface area contributed by atoms with Gasteiger partial charge in [0.15, 0.2) is 5.58 Å². The van der Waals surface area contributed by atoms with Crippen molar-refractivity contribution in [3.05, 3.63) is 83.4 Å². The molecule has 0 atom stereocenters. The molecular formula is C29H29N3O4. The first kappa shape index (κ1) is 23.6. The number of aryl methyl sites for hydroxylation is 1. The lowest BCUT2D eigenvalue weighted by Crippen LogP contribution is -2.26. The van der Waals surface area contributed by atoms with E-state index in [0.29, 0.717) is 22.8 Å². The first-order valence-electron chi connectivity index (χ1n) is 12.2. The molecule has 36 heavy (non-hydrogen) atoms. The van der Waals surface area contributed by atoms with Crippen molar-refractivity contribution in [2.75, 3.05) is 10.6 Å². The van der Waals surface area contributed by atoms with Gasteiger partial charge in [-0.2, -0.15) is 4.98 Å². The molecule has 1 fully saturated rings. The number of nitrogens with zero attached hydrogens (tertiary/aromatic N) is 1. The van der Waals surface area contributed by atoms with Crippen LogP contribution in [0.2, 0.25) is 0 Å². The number of amides is 1. The summed E-state index contributed by atoms with van der Waals surface area (Å²) in [5, 5.41) is 15.5. The van der Waals surface area contributed by atoms with E-state index in [0.717, 1.165) is 48.1 Å². The highest BCUT2D eigenvalue weighted by atomic mass is 16.4. The molecule has 184 valence electrons. The normalized spacial score (nSPS) is 14.6. The molecule has 0 bridgehead atoms. The summed E-state index contributed by atoms with van der Waals surface area (Å²) in [6, 6.07) is 21.5. The molecule has 1 saturated carbocycles. The van der Waals surface area contributed by atoms with Crippen LogP contribution in [0.3, 0.4) is 0 Å². The Morgan fingerprint density at radius 1 is 1.03 bits per heavy atom. The number of anilines is 3. The minimum absolute atomic E-state index is 0.138. The van der Waals surface area contributed by atoms with Crippen LogP contribution in [-0.2, 0) is 21.4 Å². The van der Waals surface area contributed by atoms with E-state index >= 15 is 0 Å². The van der Waals surface area contributed by atoms with Gasteiger partial charge in [0.05, 0.1) is 12.8 Å². The summed E-state index contributed by atoms with van der Waals surface area (Å²) in [4.78, 5) is 28.6. The van der Waals surface area contributed by atoms with Crippen LogP contribution in [0.1, 0.15) is 48.8 Å². The molecule has 0 radical (unpaired) electrons. The van der Waals surface area contributed by atoms with Gasteiger partial charge in [-0.3, -0.25) is 9.59 Å². The van der Waals surface area contributed by atoms with E-state index in [9.17, 15) is 14.7 Å².